The average molecular weight is 293 g/mol. The van der Waals surface area contributed by atoms with Crippen LogP contribution in [0.3, 0.4) is 0 Å². The zero-order valence-corrected chi connectivity index (χ0v) is 13.5. The molecule has 1 aromatic heterocycles. The summed E-state index contributed by atoms with van der Waals surface area (Å²) in [6.07, 6.45) is 12.1. The zero-order valence-electron chi connectivity index (χ0n) is 13.5. The maximum atomic E-state index is 4.69. The highest BCUT2D eigenvalue weighted by atomic mass is 15.0. The van der Waals surface area contributed by atoms with Gasteiger partial charge in [0.2, 0.25) is 0 Å². The summed E-state index contributed by atoms with van der Waals surface area (Å²) >= 11 is 0. The fourth-order valence-corrected chi connectivity index (χ4v) is 2.14. The van der Waals surface area contributed by atoms with Gasteiger partial charge in [0.15, 0.2) is 5.82 Å². The molecule has 0 saturated carbocycles. The second-order valence-corrected chi connectivity index (χ2v) is 5.62. The topological polar surface area (TPSA) is 38.1 Å². The Morgan fingerprint density at radius 1 is 1.18 bits per heavy atom. The van der Waals surface area contributed by atoms with E-state index in [0.717, 1.165) is 29.0 Å². The van der Waals surface area contributed by atoms with Gasteiger partial charge in [0.05, 0.1) is 11.2 Å². The third kappa shape index (κ3) is 4.62. The Labute approximate surface area is 132 Å². The van der Waals surface area contributed by atoms with Crippen LogP contribution in [0.4, 0.5) is 5.82 Å². The summed E-state index contributed by atoms with van der Waals surface area (Å²) in [6.45, 7) is 6.47. The van der Waals surface area contributed by atoms with E-state index in [0.29, 0.717) is 5.82 Å². The molecule has 0 amide bonds. The fraction of sp³-hybridized carbons (Fsp3) is 0.316. The van der Waals surface area contributed by atoms with Gasteiger partial charge in [-0.1, -0.05) is 38.1 Å². The molecule has 0 spiro atoms. The van der Waals surface area contributed by atoms with E-state index in [4.69, 9.17) is 0 Å². The van der Waals surface area contributed by atoms with Gasteiger partial charge in [0.1, 0.15) is 6.33 Å². The number of para-hydroxylation sites is 1. The second kappa shape index (κ2) is 8.23. The molecule has 1 aromatic carbocycles. The minimum Gasteiger partial charge on any atom is -0.236 e. The minimum atomic E-state index is 0.715. The number of benzene rings is 1. The van der Waals surface area contributed by atoms with Gasteiger partial charge in [-0.3, -0.25) is 0 Å². The maximum Gasteiger partial charge on any atom is 0.163 e. The lowest BCUT2D eigenvalue weighted by Gasteiger charge is -2.02. The lowest BCUT2D eigenvalue weighted by atomic mass is 10.1. The Kier molecular flexibility index (Phi) is 6.01. The van der Waals surface area contributed by atoms with Gasteiger partial charge < -0.3 is 0 Å². The predicted molar refractivity (Wildman–Crippen MR) is 94.7 cm³/mol. The fourth-order valence-electron chi connectivity index (χ4n) is 2.14. The van der Waals surface area contributed by atoms with E-state index < -0.39 is 0 Å². The van der Waals surface area contributed by atoms with E-state index in [1.54, 1.807) is 6.33 Å². The number of aromatic nitrogens is 2. The van der Waals surface area contributed by atoms with Gasteiger partial charge in [0.25, 0.3) is 0 Å². The van der Waals surface area contributed by atoms with E-state index in [2.05, 4.69) is 41.0 Å². The summed E-state index contributed by atoms with van der Waals surface area (Å²) in [5.41, 5.74) is 1.83. The highest BCUT2D eigenvalue weighted by molar-refractivity contribution is 6.06. The molecule has 2 rings (SSSR count). The number of hydrogen-bond acceptors (Lipinski definition) is 3. The van der Waals surface area contributed by atoms with Crippen molar-refractivity contribution in [3.8, 4) is 0 Å². The van der Waals surface area contributed by atoms with Crippen molar-refractivity contribution in [1.82, 2.24) is 9.97 Å². The van der Waals surface area contributed by atoms with Gasteiger partial charge in [-0.15, -0.1) is 0 Å². The first-order valence-corrected chi connectivity index (χ1v) is 7.78. The normalized spacial score (nSPS) is 13.0. The van der Waals surface area contributed by atoms with Crippen molar-refractivity contribution in [3.05, 3.63) is 54.9 Å². The first kappa shape index (κ1) is 16.1. The number of aliphatic imine (C=N–C) groups is 1. The Morgan fingerprint density at radius 2 is 2.00 bits per heavy atom. The van der Waals surface area contributed by atoms with Crippen LogP contribution in [-0.2, 0) is 0 Å². The highest BCUT2D eigenvalue weighted by Crippen LogP contribution is 2.21. The van der Waals surface area contributed by atoms with Crippen LogP contribution < -0.4 is 0 Å². The SMILES string of the molecule is C/C=C\C(/C=C\CCC(C)C)=Nc1ncnc2ccccc12. The van der Waals surface area contributed by atoms with Crippen LogP contribution in [0.25, 0.3) is 10.9 Å². The number of fused-ring (bicyclic) bond motifs is 1. The molecule has 0 bridgehead atoms. The van der Waals surface area contributed by atoms with Gasteiger partial charge in [0, 0.05) is 5.39 Å². The molecule has 0 saturated heterocycles. The van der Waals surface area contributed by atoms with Crippen molar-refractivity contribution in [2.24, 2.45) is 10.9 Å². The molecule has 0 aliphatic heterocycles. The molecule has 3 nitrogen and oxygen atoms in total. The summed E-state index contributed by atoms with van der Waals surface area (Å²) in [4.78, 5) is 13.3. The number of nitrogens with zero attached hydrogens (tertiary/aromatic N) is 3. The minimum absolute atomic E-state index is 0.715. The first-order chi connectivity index (χ1) is 10.7. The predicted octanol–water partition coefficient (Wildman–Crippen LogP) is 5.27. The van der Waals surface area contributed by atoms with E-state index in [-0.39, 0.29) is 0 Å². The van der Waals surface area contributed by atoms with Crippen molar-refractivity contribution >= 4 is 22.4 Å². The molecular formula is C19H23N3. The molecule has 0 radical (unpaired) electrons. The molecule has 2 aromatic rings. The summed E-state index contributed by atoms with van der Waals surface area (Å²) in [5, 5.41) is 0.975. The molecule has 0 aliphatic carbocycles. The van der Waals surface area contributed by atoms with Crippen LogP contribution in [0.2, 0.25) is 0 Å². The van der Waals surface area contributed by atoms with Crippen molar-refractivity contribution in [3.63, 3.8) is 0 Å². The largest absolute Gasteiger partial charge is 0.236 e. The second-order valence-electron chi connectivity index (χ2n) is 5.62. The van der Waals surface area contributed by atoms with E-state index in [1.165, 1.54) is 6.42 Å². The molecule has 0 atom stereocenters. The molecule has 0 N–H and O–H groups in total. The summed E-state index contributed by atoms with van der Waals surface area (Å²) in [5.74, 6) is 1.43. The molecule has 0 fully saturated rings. The molecule has 114 valence electrons. The monoisotopic (exact) mass is 293 g/mol. The van der Waals surface area contributed by atoms with E-state index in [9.17, 15) is 0 Å². The summed E-state index contributed by atoms with van der Waals surface area (Å²) in [7, 11) is 0. The van der Waals surface area contributed by atoms with Crippen LogP contribution in [-0.4, -0.2) is 15.7 Å². The van der Waals surface area contributed by atoms with Crippen molar-refractivity contribution in [2.45, 2.75) is 33.6 Å². The van der Waals surface area contributed by atoms with Crippen LogP contribution in [0, 0.1) is 5.92 Å². The van der Waals surface area contributed by atoms with Crippen molar-refractivity contribution in [2.75, 3.05) is 0 Å². The quantitative estimate of drug-likeness (QED) is 0.680. The molecule has 0 aliphatic rings. The first-order valence-electron chi connectivity index (χ1n) is 7.78. The highest BCUT2D eigenvalue weighted by Gasteiger charge is 2.01. The lowest BCUT2D eigenvalue weighted by Crippen LogP contribution is -1.90. The van der Waals surface area contributed by atoms with Crippen LogP contribution in [0.1, 0.15) is 33.6 Å². The molecule has 22 heavy (non-hydrogen) atoms. The van der Waals surface area contributed by atoms with Gasteiger partial charge >= 0.3 is 0 Å². The maximum absolute atomic E-state index is 4.69. The third-order valence-electron chi connectivity index (χ3n) is 3.29. The van der Waals surface area contributed by atoms with Gasteiger partial charge in [-0.2, -0.15) is 0 Å². The Morgan fingerprint density at radius 3 is 2.77 bits per heavy atom. The number of rotatable bonds is 6. The van der Waals surface area contributed by atoms with Crippen LogP contribution >= 0.6 is 0 Å². The zero-order chi connectivity index (χ0) is 15.8. The molecule has 0 unspecified atom stereocenters. The standard InChI is InChI=1S/C19H23N3/c1-4-9-16(11-6-5-10-15(2)3)22-19-17-12-7-8-13-18(17)20-14-21-19/h4,6-9,11-15H,5,10H2,1-3H3/b9-4-,11-6-,22-16?. The van der Waals surface area contributed by atoms with Gasteiger partial charge in [-0.05, 0) is 50.0 Å². The van der Waals surface area contributed by atoms with Gasteiger partial charge in [-0.25, -0.2) is 15.0 Å². The summed E-state index contributed by atoms with van der Waals surface area (Å²) in [6, 6.07) is 7.94. The van der Waals surface area contributed by atoms with E-state index in [1.807, 2.05) is 43.3 Å². The average Bonchev–Trinajstić information content (AvgIpc) is 2.52. The molecular weight excluding hydrogens is 270 g/mol. The van der Waals surface area contributed by atoms with E-state index >= 15 is 0 Å². The summed E-state index contributed by atoms with van der Waals surface area (Å²) < 4.78 is 0. The van der Waals surface area contributed by atoms with Crippen LogP contribution in [0.15, 0.2) is 59.9 Å². The molecule has 1 heterocycles. The van der Waals surface area contributed by atoms with Crippen molar-refractivity contribution in [1.29, 1.82) is 0 Å². The van der Waals surface area contributed by atoms with Crippen molar-refractivity contribution < 1.29 is 0 Å². The molecule has 3 heteroatoms. The lowest BCUT2D eigenvalue weighted by molar-refractivity contribution is 0.594. The Bertz CT molecular complexity index is 691. The number of allylic oxidation sites excluding steroid dienone is 4. The number of hydrogen-bond donors (Lipinski definition) is 0. The smallest absolute Gasteiger partial charge is 0.163 e. The Hall–Kier alpha value is -2.29. The third-order valence-corrected chi connectivity index (χ3v) is 3.29. The van der Waals surface area contributed by atoms with Crippen LogP contribution in [0.5, 0.6) is 0 Å². The Balaban J connectivity index is 2.28.